The SMILES string of the molecule is CC[C@H](C)[C@H](NC(=O)[C@H](CCC(N)=O)NC(=O)[C@H](Cc1ccccc1)NC(=O)[C@H](CC(N)=O)NC(=O)[C@H](CCCCN)NC(=O)[C@H](Cc1ccccc1)NC(=O)[C@H](CCC(N)=O)NC(=O)[C@H](CCCCN)NC(=O)[C@H](CCC(N)=O)NC(=O)[C@H](C)N)C(=O)O. The van der Waals surface area contributed by atoms with Crippen LogP contribution in [0.15, 0.2) is 60.7 Å². The van der Waals surface area contributed by atoms with Crippen molar-refractivity contribution in [1.29, 1.82) is 0 Å². The molecule has 0 unspecified atom stereocenters. The molecule has 89 heavy (non-hydrogen) atoms. The van der Waals surface area contributed by atoms with Gasteiger partial charge in [-0.25, -0.2) is 4.79 Å². The molecule has 0 aliphatic carbocycles. The lowest BCUT2D eigenvalue weighted by molar-refractivity contribution is -0.144. The van der Waals surface area contributed by atoms with E-state index in [-0.39, 0.29) is 70.9 Å². The number of amides is 13. The van der Waals surface area contributed by atoms with Crippen LogP contribution in [0.2, 0.25) is 0 Å². The maximum absolute atomic E-state index is 14.7. The molecule has 0 fully saturated rings. The molecule has 0 aromatic heterocycles. The number of carbonyl (C=O) groups excluding carboxylic acids is 13. The van der Waals surface area contributed by atoms with Crippen LogP contribution in [0.3, 0.4) is 0 Å². The average molecular weight is 1250 g/mol. The third kappa shape index (κ3) is 29.4. The van der Waals surface area contributed by atoms with Crippen LogP contribution in [0.1, 0.15) is 122 Å². The Morgan fingerprint density at radius 1 is 0.393 bits per heavy atom. The van der Waals surface area contributed by atoms with Crippen LogP contribution < -0.4 is 88.0 Å². The molecule has 0 aliphatic rings. The van der Waals surface area contributed by atoms with Crippen LogP contribution in [0, 0.1) is 5.92 Å². The van der Waals surface area contributed by atoms with Crippen LogP contribution in [0.4, 0.5) is 0 Å². The summed E-state index contributed by atoms with van der Waals surface area (Å²) in [4.78, 5) is 187. The molecule has 0 heterocycles. The highest BCUT2D eigenvalue weighted by Gasteiger charge is 2.37. The molecule has 0 saturated carbocycles. The molecule has 0 spiro atoms. The first kappa shape index (κ1) is 76.0. The molecular formula is C58H90N16O15. The number of primary amides is 4. The number of carboxylic acid groups (broad SMARTS) is 1. The summed E-state index contributed by atoms with van der Waals surface area (Å²) in [6.45, 7) is 4.99. The summed E-state index contributed by atoms with van der Waals surface area (Å²) in [7, 11) is 0. The molecule has 31 nitrogen and oxygen atoms in total. The van der Waals surface area contributed by atoms with E-state index >= 15 is 0 Å². The fraction of sp³-hybridized carbons (Fsp3) is 0.552. The van der Waals surface area contributed by atoms with E-state index < -0.39 is 175 Å². The van der Waals surface area contributed by atoms with Gasteiger partial charge in [-0.05, 0) is 94.8 Å². The average Bonchev–Trinajstić information content (AvgIpc) is 3.48. The summed E-state index contributed by atoms with van der Waals surface area (Å²) in [6, 6.07) is 1.43. The van der Waals surface area contributed by atoms with Crippen molar-refractivity contribution >= 4 is 82.8 Å². The summed E-state index contributed by atoms with van der Waals surface area (Å²) in [5.74, 6) is -14.3. The van der Waals surface area contributed by atoms with E-state index in [0.717, 1.165) is 0 Å². The topological polar surface area (TPSA) is 550 Å². The van der Waals surface area contributed by atoms with E-state index in [1.54, 1.807) is 74.5 Å². The molecule has 2 aromatic carbocycles. The summed E-state index contributed by atoms with van der Waals surface area (Å²) in [5, 5.41) is 32.4. The van der Waals surface area contributed by atoms with Crippen molar-refractivity contribution in [3.8, 4) is 0 Å². The molecule has 0 radical (unpaired) electrons. The second-order valence-corrected chi connectivity index (χ2v) is 21.6. The van der Waals surface area contributed by atoms with E-state index in [9.17, 15) is 72.2 Å². The number of nitrogens with one attached hydrogen (secondary N) is 9. The second kappa shape index (κ2) is 40.4. The fourth-order valence-corrected chi connectivity index (χ4v) is 8.86. The van der Waals surface area contributed by atoms with Gasteiger partial charge in [0.1, 0.15) is 54.4 Å². The van der Waals surface area contributed by atoms with E-state index in [2.05, 4.69) is 47.9 Å². The number of benzene rings is 2. The molecular weight excluding hydrogens is 1160 g/mol. The van der Waals surface area contributed by atoms with Crippen molar-refractivity contribution in [2.75, 3.05) is 13.1 Å². The van der Waals surface area contributed by atoms with Gasteiger partial charge < -0.3 is 93.1 Å². The largest absolute Gasteiger partial charge is 0.480 e. The van der Waals surface area contributed by atoms with Crippen LogP contribution in [-0.4, -0.2) is 161 Å². The van der Waals surface area contributed by atoms with Gasteiger partial charge in [-0.15, -0.1) is 0 Å². The number of aliphatic carboxylic acids is 1. The lowest BCUT2D eigenvalue weighted by Crippen LogP contribution is -2.61. The quantitative estimate of drug-likeness (QED) is 0.0277. The van der Waals surface area contributed by atoms with E-state index in [4.69, 9.17) is 40.1 Å². The summed E-state index contributed by atoms with van der Waals surface area (Å²) in [6.07, 6.45) is -2.38. The molecule has 13 amide bonds. The first-order chi connectivity index (χ1) is 42.1. The van der Waals surface area contributed by atoms with Crippen molar-refractivity contribution in [3.05, 3.63) is 71.8 Å². The minimum atomic E-state index is -1.84. The van der Waals surface area contributed by atoms with Gasteiger partial charge in [0.2, 0.25) is 76.8 Å². The zero-order valence-corrected chi connectivity index (χ0v) is 50.6. The predicted octanol–water partition coefficient (Wildman–Crippen LogP) is -4.76. The van der Waals surface area contributed by atoms with Crippen LogP contribution >= 0.6 is 0 Å². The molecule has 11 atom stereocenters. The van der Waals surface area contributed by atoms with Crippen molar-refractivity contribution in [3.63, 3.8) is 0 Å². The van der Waals surface area contributed by atoms with Gasteiger partial charge in [-0.2, -0.15) is 0 Å². The van der Waals surface area contributed by atoms with Crippen LogP contribution in [0.25, 0.3) is 0 Å². The monoisotopic (exact) mass is 1250 g/mol. The number of unbranched alkanes of at least 4 members (excludes halogenated alkanes) is 2. The molecule has 24 N–H and O–H groups in total. The maximum atomic E-state index is 14.7. The lowest BCUT2D eigenvalue weighted by Gasteiger charge is -2.28. The van der Waals surface area contributed by atoms with Gasteiger partial charge in [0.05, 0.1) is 12.5 Å². The first-order valence-electron chi connectivity index (χ1n) is 29.4. The van der Waals surface area contributed by atoms with Crippen molar-refractivity contribution in [1.82, 2.24) is 47.9 Å². The molecule has 31 heteroatoms. The summed E-state index contributed by atoms with van der Waals surface area (Å²) >= 11 is 0. The van der Waals surface area contributed by atoms with E-state index in [1.165, 1.54) is 6.92 Å². The standard InChI is InChI=1S/C58H90N16O15/c1-4-32(2)48(58(88)89)74-54(84)40(23-26-46(64)77)70-56(86)42(30-35-17-9-6-10-18-35)72-57(87)43(31-47(65)78)73-51(81)37(20-12-14-28-60)68-55(85)41(29-34-15-7-5-8-16-34)71-53(83)39(22-25-45(63)76)69-50(80)36(19-11-13-27-59)67-52(82)38(21-24-44(62)75)66-49(79)33(3)61/h5-10,15-18,32-33,36-43,48H,4,11-14,19-31,59-61H2,1-3H3,(H2,62,75)(H2,63,76)(H2,64,77)(H2,65,78)(H,66,79)(H,67,82)(H,68,85)(H,69,80)(H,70,86)(H,71,83)(H,72,87)(H,73,81)(H,74,84)(H,88,89)/t32-,33-,36-,37-,38-,39-,40-,41-,42-,43-,48-/m0/s1. The molecule has 2 aromatic rings. The number of carbonyl (C=O) groups is 14. The van der Waals surface area contributed by atoms with Gasteiger partial charge in [0.15, 0.2) is 0 Å². The molecule has 0 bridgehead atoms. The fourth-order valence-electron chi connectivity index (χ4n) is 8.86. The van der Waals surface area contributed by atoms with E-state index in [0.29, 0.717) is 30.4 Å². The maximum Gasteiger partial charge on any atom is 0.326 e. The number of hydrogen-bond acceptors (Lipinski definition) is 17. The Kier molecular flexibility index (Phi) is 34.5. The Morgan fingerprint density at radius 2 is 0.685 bits per heavy atom. The Bertz CT molecular complexity index is 2720. The Morgan fingerprint density at radius 3 is 0.989 bits per heavy atom. The number of hydrogen-bond donors (Lipinski definition) is 17. The smallest absolute Gasteiger partial charge is 0.326 e. The van der Waals surface area contributed by atoms with Crippen molar-refractivity contribution in [2.45, 2.75) is 184 Å². The van der Waals surface area contributed by atoms with E-state index in [1.807, 2.05) is 0 Å². The number of rotatable bonds is 44. The minimum absolute atomic E-state index is 0.0578. The highest BCUT2D eigenvalue weighted by molar-refractivity contribution is 6.00. The van der Waals surface area contributed by atoms with Gasteiger partial charge in [-0.1, -0.05) is 80.9 Å². The normalized spacial score (nSPS) is 14.7. The first-order valence-corrected chi connectivity index (χ1v) is 29.4. The van der Waals surface area contributed by atoms with Crippen molar-refractivity contribution < 1.29 is 72.2 Å². The molecule has 492 valence electrons. The van der Waals surface area contributed by atoms with Gasteiger partial charge >= 0.3 is 5.97 Å². The van der Waals surface area contributed by atoms with Gasteiger partial charge in [0, 0.05) is 32.1 Å². The highest BCUT2D eigenvalue weighted by Crippen LogP contribution is 2.14. The molecule has 0 saturated heterocycles. The van der Waals surface area contributed by atoms with Gasteiger partial charge in [-0.3, -0.25) is 62.3 Å². The summed E-state index contributed by atoms with van der Waals surface area (Å²) < 4.78 is 0. The van der Waals surface area contributed by atoms with Crippen LogP contribution in [-0.2, 0) is 80.0 Å². The van der Waals surface area contributed by atoms with Gasteiger partial charge in [0.25, 0.3) is 0 Å². The zero-order chi connectivity index (χ0) is 66.8. The third-order valence-electron chi connectivity index (χ3n) is 14.2. The Labute approximate surface area is 516 Å². The van der Waals surface area contributed by atoms with Crippen molar-refractivity contribution in [2.24, 2.45) is 46.1 Å². The third-order valence-corrected chi connectivity index (χ3v) is 14.2. The second-order valence-electron chi connectivity index (χ2n) is 21.6. The number of carboxylic acids is 1. The van der Waals surface area contributed by atoms with Crippen LogP contribution in [0.5, 0.6) is 0 Å². The zero-order valence-electron chi connectivity index (χ0n) is 50.6. The highest BCUT2D eigenvalue weighted by atomic mass is 16.4. The minimum Gasteiger partial charge on any atom is -0.480 e. The predicted molar refractivity (Wildman–Crippen MR) is 323 cm³/mol. The lowest BCUT2D eigenvalue weighted by atomic mass is 9.98. The molecule has 2 rings (SSSR count). The Balaban J connectivity index is 2.61. The molecule has 0 aliphatic heterocycles. The summed E-state index contributed by atoms with van der Waals surface area (Å²) in [5.41, 5.74) is 39.9. The number of nitrogens with two attached hydrogens (primary N) is 7. The Hall–Kier alpha value is -9.10.